The highest BCUT2D eigenvalue weighted by Crippen LogP contribution is 2.13. The normalized spacial score (nSPS) is 13.7. The lowest BCUT2D eigenvalue weighted by Gasteiger charge is -2.13. The summed E-state index contributed by atoms with van der Waals surface area (Å²) in [6.07, 6.45) is -3.26. The molecule has 0 amide bonds. The van der Waals surface area contributed by atoms with Gasteiger partial charge < -0.3 is 14.6 Å². The lowest BCUT2D eigenvalue weighted by Crippen LogP contribution is -2.33. The first-order chi connectivity index (χ1) is 8.95. The second-order valence-corrected chi connectivity index (χ2v) is 3.95. The molecule has 0 aromatic carbocycles. The number of halogens is 3. The van der Waals surface area contributed by atoms with E-state index in [0.29, 0.717) is 19.8 Å². The molecule has 0 heterocycles. The summed E-state index contributed by atoms with van der Waals surface area (Å²) in [5.74, 6) is 0. The van der Waals surface area contributed by atoms with Crippen molar-refractivity contribution in [3.05, 3.63) is 0 Å². The van der Waals surface area contributed by atoms with Crippen molar-refractivity contribution in [1.82, 2.24) is 5.48 Å². The van der Waals surface area contributed by atoms with Crippen LogP contribution in [0.3, 0.4) is 0 Å². The van der Waals surface area contributed by atoms with E-state index in [2.05, 4.69) is 11.8 Å². The molecule has 0 aromatic heterocycles. The fourth-order valence-corrected chi connectivity index (χ4v) is 1.03. The first-order valence-electron chi connectivity index (χ1n) is 6.20. The highest BCUT2D eigenvalue weighted by Gasteiger charge is 2.27. The molecule has 5 nitrogen and oxygen atoms in total. The van der Waals surface area contributed by atoms with Gasteiger partial charge in [-0.05, 0) is 6.42 Å². The number of aliphatic hydroxyl groups excluding tert-OH is 1. The van der Waals surface area contributed by atoms with Crippen molar-refractivity contribution in [2.45, 2.75) is 32.0 Å². The van der Waals surface area contributed by atoms with Crippen LogP contribution in [0.2, 0.25) is 0 Å². The Morgan fingerprint density at radius 3 is 2.47 bits per heavy atom. The smallest absolute Gasteiger partial charge is 0.389 e. The fourth-order valence-electron chi connectivity index (χ4n) is 1.03. The molecule has 0 aliphatic carbocycles. The Balaban J connectivity index is 3.23. The van der Waals surface area contributed by atoms with Crippen molar-refractivity contribution >= 4 is 0 Å². The van der Waals surface area contributed by atoms with Gasteiger partial charge in [0, 0.05) is 13.2 Å². The molecule has 0 radical (unpaired) electrons. The van der Waals surface area contributed by atoms with E-state index < -0.39 is 18.9 Å². The SMILES string of the molecule is CCCCOCCOCC(O)CNOCC(F)(F)F. The van der Waals surface area contributed by atoms with Crippen LogP contribution in [0, 0.1) is 0 Å². The van der Waals surface area contributed by atoms with Crippen LogP contribution in [-0.4, -0.2) is 57.0 Å². The average Bonchev–Trinajstić information content (AvgIpc) is 2.32. The highest BCUT2D eigenvalue weighted by atomic mass is 19.4. The average molecular weight is 289 g/mol. The predicted molar refractivity (Wildman–Crippen MR) is 62.6 cm³/mol. The summed E-state index contributed by atoms with van der Waals surface area (Å²) < 4.78 is 45.4. The molecule has 0 spiro atoms. The highest BCUT2D eigenvalue weighted by molar-refractivity contribution is 4.54. The third-order valence-corrected chi connectivity index (χ3v) is 1.98. The van der Waals surface area contributed by atoms with Crippen LogP contribution in [0.4, 0.5) is 13.2 Å². The monoisotopic (exact) mass is 289 g/mol. The van der Waals surface area contributed by atoms with Gasteiger partial charge in [0.25, 0.3) is 0 Å². The molecule has 0 rings (SSSR count). The van der Waals surface area contributed by atoms with Gasteiger partial charge in [0.2, 0.25) is 0 Å². The van der Waals surface area contributed by atoms with Crippen LogP contribution in [-0.2, 0) is 14.3 Å². The molecule has 0 fully saturated rings. The van der Waals surface area contributed by atoms with E-state index in [-0.39, 0.29) is 13.2 Å². The van der Waals surface area contributed by atoms with Crippen LogP contribution in [0.5, 0.6) is 0 Å². The van der Waals surface area contributed by atoms with Gasteiger partial charge in [-0.25, -0.2) is 0 Å². The van der Waals surface area contributed by atoms with Crippen molar-refractivity contribution in [1.29, 1.82) is 0 Å². The summed E-state index contributed by atoms with van der Waals surface area (Å²) in [5, 5.41) is 9.33. The molecule has 8 heteroatoms. The van der Waals surface area contributed by atoms with Gasteiger partial charge in [-0.15, -0.1) is 0 Å². The van der Waals surface area contributed by atoms with E-state index in [1.54, 1.807) is 0 Å². The Hall–Kier alpha value is -0.410. The first-order valence-corrected chi connectivity index (χ1v) is 6.20. The second kappa shape index (κ2) is 11.4. The molecular weight excluding hydrogens is 267 g/mol. The Bertz CT molecular complexity index is 205. The largest absolute Gasteiger partial charge is 0.413 e. The minimum Gasteiger partial charge on any atom is -0.389 e. The van der Waals surface area contributed by atoms with Gasteiger partial charge in [-0.3, -0.25) is 4.84 Å². The molecule has 0 saturated carbocycles. The summed E-state index contributed by atoms with van der Waals surface area (Å²) in [4.78, 5) is 4.13. The Kier molecular flexibility index (Phi) is 11.2. The number of unbranched alkanes of at least 4 members (excludes halogenated alkanes) is 1. The van der Waals surface area contributed by atoms with Crippen molar-refractivity contribution in [3.8, 4) is 0 Å². The van der Waals surface area contributed by atoms with Gasteiger partial charge in [0.1, 0.15) is 0 Å². The third kappa shape index (κ3) is 15.5. The number of hydrogen-bond acceptors (Lipinski definition) is 5. The summed E-state index contributed by atoms with van der Waals surface area (Å²) in [5.41, 5.74) is 2.03. The lowest BCUT2D eigenvalue weighted by atomic mass is 10.4. The summed E-state index contributed by atoms with van der Waals surface area (Å²) in [6, 6.07) is 0. The zero-order valence-electron chi connectivity index (χ0n) is 11.0. The minimum atomic E-state index is -4.38. The summed E-state index contributed by atoms with van der Waals surface area (Å²) in [6.45, 7) is 1.99. The van der Waals surface area contributed by atoms with E-state index in [4.69, 9.17) is 9.47 Å². The quantitative estimate of drug-likeness (QED) is 0.418. The van der Waals surface area contributed by atoms with Gasteiger partial charge in [0.05, 0.1) is 25.9 Å². The van der Waals surface area contributed by atoms with Gasteiger partial charge in [-0.2, -0.15) is 18.7 Å². The lowest BCUT2D eigenvalue weighted by molar-refractivity contribution is -0.191. The Labute approximate surface area is 111 Å². The molecule has 2 N–H and O–H groups in total. The second-order valence-electron chi connectivity index (χ2n) is 3.95. The number of aliphatic hydroxyl groups is 1. The van der Waals surface area contributed by atoms with Crippen LogP contribution in [0.1, 0.15) is 19.8 Å². The Morgan fingerprint density at radius 2 is 1.84 bits per heavy atom. The van der Waals surface area contributed by atoms with Crippen molar-refractivity contribution in [2.24, 2.45) is 0 Å². The van der Waals surface area contributed by atoms with Crippen LogP contribution in [0.15, 0.2) is 0 Å². The number of hydrogen-bond donors (Lipinski definition) is 2. The topological polar surface area (TPSA) is 60.0 Å². The molecule has 0 aromatic rings. The molecule has 0 aliphatic heterocycles. The van der Waals surface area contributed by atoms with Crippen LogP contribution in [0.25, 0.3) is 0 Å². The molecule has 0 bridgehead atoms. The maximum atomic E-state index is 11.7. The molecule has 1 atom stereocenters. The minimum absolute atomic E-state index is 0.0134. The number of nitrogens with one attached hydrogen (secondary N) is 1. The standard InChI is InChI=1S/C11H22F3NO4/c1-2-3-4-17-5-6-18-8-10(16)7-15-19-9-11(12,13)14/h10,15-16H,2-9H2,1H3. The van der Waals surface area contributed by atoms with E-state index in [0.717, 1.165) is 12.8 Å². The molecule has 0 saturated heterocycles. The zero-order chi connectivity index (χ0) is 14.6. The van der Waals surface area contributed by atoms with E-state index >= 15 is 0 Å². The molecule has 19 heavy (non-hydrogen) atoms. The number of hydroxylamine groups is 1. The van der Waals surface area contributed by atoms with Gasteiger partial charge in [0.15, 0.2) is 6.61 Å². The fraction of sp³-hybridized carbons (Fsp3) is 1.00. The molecule has 116 valence electrons. The number of rotatable bonds is 12. The van der Waals surface area contributed by atoms with Crippen molar-refractivity contribution < 1.29 is 32.6 Å². The molecular formula is C11H22F3NO4. The van der Waals surface area contributed by atoms with E-state index in [1.165, 1.54) is 0 Å². The summed E-state index contributed by atoms with van der Waals surface area (Å²) >= 11 is 0. The first kappa shape index (κ1) is 18.6. The Morgan fingerprint density at radius 1 is 1.16 bits per heavy atom. The predicted octanol–water partition coefficient (Wildman–Crippen LogP) is 1.26. The maximum absolute atomic E-state index is 11.7. The third-order valence-electron chi connectivity index (χ3n) is 1.98. The molecule has 1 unspecified atom stereocenters. The van der Waals surface area contributed by atoms with E-state index in [9.17, 15) is 18.3 Å². The maximum Gasteiger partial charge on any atom is 0.413 e. The van der Waals surface area contributed by atoms with Crippen molar-refractivity contribution in [2.75, 3.05) is 39.6 Å². The van der Waals surface area contributed by atoms with E-state index in [1.807, 2.05) is 5.48 Å². The number of alkyl halides is 3. The number of ether oxygens (including phenoxy) is 2. The van der Waals surface area contributed by atoms with Gasteiger partial charge in [-0.1, -0.05) is 13.3 Å². The van der Waals surface area contributed by atoms with Crippen LogP contribution >= 0.6 is 0 Å². The van der Waals surface area contributed by atoms with Crippen molar-refractivity contribution in [3.63, 3.8) is 0 Å². The van der Waals surface area contributed by atoms with Crippen LogP contribution < -0.4 is 5.48 Å². The zero-order valence-corrected chi connectivity index (χ0v) is 11.0. The molecule has 0 aliphatic rings. The summed E-state index contributed by atoms with van der Waals surface area (Å²) in [7, 11) is 0. The van der Waals surface area contributed by atoms with Gasteiger partial charge >= 0.3 is 6.18 Å².